The van der Waals surface area contributed by atoms with Gasteiger partial charge in [0.05, 0.1) is 0 Å². The fourth-order valence-electron chi connectivity index (χ4n) is 3.26. The van der Waals surface area contributed by atoms with E-state index < -0.39 is 0 Å². The van der Waals surface area contributed by atoms with E-state index in [1.807, 2.05) is 0 Å². The third-order valence-electron chi connectivity index (χ3n) is 4.73. The van der Waals surface area contributed by atoms with Crippen LogP contribution in [0.2, 0.25) is 0 Å². The fourth-order valence-corrected chi connectivity index (χ4v) is 3.26. The average molecular weight is 265 g/mol. The largest absolute Gasteiger partial charge is 0.327 e. The summed E-state index contributed by atoms with van der Waals surface area (Å²) in [6, 6.07) is 15.7. The van der Waals surface area contributed by atoms with E-state index in [-0.39, 0.29) is 6.04 Å². The topological polar surface area (TPSA) is 26.0 Å². The van der Waals surface area contributed by atoms with Crippen LogP contribution in [-0.2, 0) is 19.3 Å². The van der Waals surface area contributed by atoms with Crippen molar-refractivity contribution in [3.05, 3.63) is 70.3 Å². The monoisotopic (exact) mass is 265 g/mol. The Hall–Kier alpha value is -1.60. The maximum absolute atomic E-state index is 6.48. The van der Waals surface area contributed by atoms with Crippen molar-refractivity contribution in [3.63, 3.8) is 0 Å². The zero-order valence-corrected chi connectivity index (χ0v) is 12.4. The molecule has 1 atom stereocenters. The van der Waals surface area contributed by atoms with Crippen molar-refractivity contribution in [2.24, 2.45) is 11.7 Å². The van der Waals surface area contributed by atoms with Crippen molar-refractivity contribution in [2.75, 3.05) is 0 Å². The SMILES string of the molecule is Cc1ccc(CC(N)C2Cc3ccccc3C2)cc1C. The first kappa shape index (κ1) is 13.4. The molecule has 20 heavy (non-hydrogen) atoms. The molecule has 1 aliphatic carbocycles. The van der Waals surface area contributed by atoms with E-state index in [2.05, 4.69) is 56.3 Å². The summed E-state index contributed by atoms with van der Waals surface area (Å²) in [4.78, 5) is 0. The average Bonchev–Trinajstić information content (AvgIpc) is 2.87. The van der Waals surface area contributed by atoms with Crippen LogP contribution in [0.15, 0.2) is 42.5 Å². The second-order valence-corrected chi connectivity index (χ2v) is 6.22. The maximum Gasteiger partial charge on any atom is 0.0114 e. The van der Waals surface area contributed by atoms with E-state index in [1.165, 1.54) is 27.8 Å². The smallest absolute Gasteiger partial charge is 0.0114 e. The first-order valence-electron chi connectivity index (χ1n) is 7.52. The molecular formula is C19H23N. The van der Waals surface area contributed by atoms with Crippen molar-refractivity contribution in [1.82, 2.24) is 0 Å². The highest BCUT2D eigenvalue weighted by Gasteiger charge is 2.26. The molecule has 2 aromatic carbocycles. The van der Waals surface area contributed by atoms with Crippen LogP contribution in [0.3, 0.4) is 0 Å². The molecule has 0 aliphatic heterocycles. The minimum Gasteiger partial charge on any atom is -0.327 e. The highest BCUT2D eigenvalue weighted by Crippen LogP contribution is 2.29. The van der Waals surface area contributed by atoms with Crippen LogP contribution in [0, 0.1) is 19.8 Å². The van der Waals surface area contributed by atoms with Crippen molar-refractivity contribution in [1.29, 1.82) is 0 Å². The van der Waals surface area contributed by atoms with E-state index in [9.17, 15) is 0 Å². The van der Waals surface area contributed by atoms with Gasteiger partial charge in [0.25, 0.3) is 0 Å². The van der Waals surface area contributed by atoms with E-state index in [0.29, 0.717) is 5.92 Å². The molecule has 0 saturated carbocycles. The van der Waals surface area contributed by atoms with Gasteiger partial charge in [-0.1, -0.05) is 42.5 Å². The van der Waals surface area contributed by atoms with Gasteiger partial charge in [0.2, 0.25) is 0 Å². The normalized spacial score (nSPS) is 16.1. The lowest BCUT2D eigenvalue weighted by molar-refractivity contribution is 0.437. The molecule has 0 amide bonds. The molecule has 2 aromatic rings. The molecule has 0 radical (unpaired) electrons. The summed E-state index contributed by atoms with van der Waals surface area (Å²) in [6.45, 7) is 4.34. The Morgan fingerprint density at radius 2 is 1.65 bits per heavy atom. The standard InChI is InChI=1S/C19H23N/c1-13-7-8-15(9-14(13)2)10-19(20)18-11-16-5-3-4-6-17(16)12-18/h3-9,18-19H,10-12,20H2,1-2H3. The van der Waals surface area contributed by atoms with Gasteiger partial charge in [0, 0.05) is 6.04 Å². The number of aryl methyl sites for hydroxylation is 2. The molecule has 0 bridgehead atoms. The van der Waals surface area contributed by atoms with Gasteiger partial charge in [-0.05, 0) is 66.8 Å². The molecule has 1 nitrogen and oxygen atoms in total. The maximum atomic E-state index is 6.48. The predicted octanol–water partition coefficient (Wildman–Crippen LogP) is 3.59. The highest BCUT2D eigenvalue weighted by atomic mass is 14.7. The van der Waals surface area contributed by atoms with Crippen LogP contribution in [0.1, 0.15) is 27.8 Å². The zero-order chi connectivity index (χ0) is 14.1. The second-order valence-electron chi connectivity index (χ2n) is 6.22. The van der Waals surface area contributed by atoms with Crippen LogP contribution in [0.5, 0.6) is 0 Å². The lowest BCUT2D eigenvalue weighted by Crippen LogP contribution is -2.32. The van der Waals surface area contributed by atoms with Crippen LogP contribution in [-0.4, -0.2) is 6.04 Å². The molecule has 0 fully saturated rings. The van der Waals surface area contributed by atoms with Crippen LogP contribution in [0.25, 0.3) is 0 Å². The van der Waals surface area contributed by atoms with E-state index in [0.717, 1.165) is 19.3 Å². The van der Waals surface area contributed by atoms with Gasteiger partial charge in [-0.25, -0.2) is 0 Å². The van der Waals surface area contributed by atoms with Crippen LogP contribution >= 0.6 is 0 Å². The van der Waals surface area contributed by atoms with Gasteiger partial charge in [-0.3, -0.25) is 0 Å². The Bertz CT molecular complexity index is 590. The first-order chi connectivity index (χ1) is 9.63. The Balaban J connectivity index is 1.69. The molecule has 0 saturated heterocycles. The number of rotatable bonds is 3. The lowest BCUT2D eigenvalue weighted by atomic mass is 9.91. The van der Waals surface area contributed by atoms with E-state index in [1.54, 1.807) is 0 Å². The number of benzene rings is 2. The summed E-state index contributed by atoms with van der Waals surface area (Å²) in [5.41, 5.74) is 13.6. The molecule has 0 spiro atoms. The summed E-state index contributed by atoms with van der Waals surface area (Å²) < 4.78 is 0. The molecule has 0 heterocycles. The summed E-state index contributed by atoms with van der Waals surface area (Å²) in [7, 11) is 0. The third kappa shape index (κ3) is 2.64. The van der Waals surface area contributed by atoms with Gasteiger partial charge in [0.1, 0.15) is 0 Å². The Labute approximate surface area is 121 Å². The number of nitrogens with two attached hydrogens (primary N) is 1. The fraction of sp³-hybridized carbons (Fsp3) is 0.368. The molecule has 1 unspecified atom stereocenters. The van der Waals surface area contributed by atoms with Crippen molar-refractivity contribution >= 4 is 0 Å². The minimum absolute atomic E-state index is 0.254. The molecule has 3 rings (SSSR count). The Morgan fingerprint density at radius 1 is 1.00 bits per heavy atom. The molecule has 104 valence electrons. The predicted molar refractivity (Wildman–Crippen MR) is 84.9 cm³/mol. The Kier molecular flexibility index (Phi) is 3.62. The van der Waals surface area contributed by atoms with Gasteiger partial charge in [-0.2, -0.15) is 0 Å². The molecular weight excluding hydrogens is 242 g/mol. The molecule has 2 N–H and O–H groups in total. The van der Waals surface area contributed by atoms with Crippen LogP contribution < -0.4 is 5.73 Å². The van der Waals surface area contributed by atoms with Gasteiger partial charge in [0.15, 0.2) is 0 Å². The zero-order valence-electron chi connectivity index (χ0n) is 12.4. The van der Waals surface area contributed by atoms with E-state index in [4.69, 9.17) is 5.73 Å². The first-order valence-corrected chi connectivity index (χ1v) is 7.52. The number of hydrogen-bond donors (Lipinski definition) is 1. The van der Waals surface area contributed by atoms with Crippen molar-refractivity contribution in [3.8, 4) is 0 Å². The summed E-state index contributed by atoms with van der Waals surface area (Å²) in [5, 5.41) is 0. The minimum atomic E-state index is 0.254. The number of fused-ring (bicyclic) bond motifs is 1. The summed E-state index contributed by atoms with van der Waals surface area (Å²) >= 11 is 0. The van der Waals surface area contributed by atoms with Gasteiger partial charge >= 0.3 is 0 Å². The van der Waals surface area contributed by atoms with Gasteiger partial charge < -0.3 is 5.73 Å². The Morgan fingerprint density at radius 3 is 2.25 bits per heavy atom. The second kappa shape index (κ2) is 5.41. The molecule has 0 aromatic heterocycles. The van der Waals surface area contributed by atoms with Crippen LogP contribution in [0.4, 0.5) is 0 Å². The van der Waals surface area contributed by atoms with Crippen molar-refractivity contribution in [2.45, 2.75) is 39.2 Å². The molecule has 1 heteroatoms. The quantitative estimate of drug-likeness (QED) is 0.901. The lowest BCUT2D eigenvalue weighted by Gasteiger charge is -2.19. The summed E-state index contributed by atoms with van der Waals surface area (Å²) in [5.74, 6) is 0.592. The third-order valence-corrected chi connectivity index (χ3v) is 4.73. The molecule has 1 aliphatic rings. The highest BCUT2D eigenvalue weighted by molar-refractivity contribution is 5.34. The van der Waals surface area contributed by atoms with Crippen molar-refractivity contribution < 1.29 is 0 Å². The van der Waals surface area contributed by atoms with Gasteiger partial charge in [-0.15, -0.1) is 0 Å². The number of hydrogen-bond acceptors (Lipinski definition) is 1. The summed E-state index contributed by atoms with van der Waals surface area (Å²) in [6.07, 6.45) is 3.27. The van der Waals surface area contributed by atoms with E-state index >= 15 is 0 Å².